The molecule has 3 heterocycles. The van der Waals surface area contributed by atoms with Crippen LogP contribution in [0.4, 0.5) is 17.1 Å². The van der Waals surface area contributed by atoms with E-state index in [0.717, 1.165) is 0 Å². The van der Waals surface area contributed by atoms with Crippen LogP contribution >= 0.6 is 0 Å². The highest BCUT2D eigenvalue weighted by molar-refractivity contribution is 7.02. The zero-order valence-electron chi connectivity index (χ0n) is 29.8. The molecule has 7 aromatic carbocycles. The van der Waals surface area contributed by atoms with E-state index in [1.54, 1.807) is 0 Å². The van der Waals surface area contributed by atoms with Crippen LogP contribution in [-0.2, 0) is 0 Å². The summed E-state index contributed by atoms with van der Waals surface area (Å²) in [6.45, 7) is 11.7. The predicted molar refractivity (Wildman–Crippen MR) is 221 cm³/mol. The van der Waals surface area contributed by atoms with Crippen LogP contribution in [0.3, 0.4) is 0 Å². The van der Waals surface area contributed by atoms with Gasteiger partial charge in [0.25, 0.3) is 0 Å². The van der Waals surface area contributed by atoms with Crippen molar-refractivity contribution in [3.63, 3.8) is 0 Å². The van der Waals surface area contributed by atoms with Gasteiger partial charge >= 0.3 is 0 Å². The minimum absolute atomic E-state index is 0.103. The first-order chi connectivity index (χ1) is 24.9. The number of para-hydroxylation sites is 5. The third-order valence-corrected chi connectivity index (χ3v) is 11.7. The van der Waals surface area contributed by atoms with Gasteiger partial charge in [-0.1, -0.05) is 142 Å². The lowest BCUT2D eigenvalue weighted by Gasteiger charge is -2.44. The molecule has 51 heavy (non-hydrogen) atoms. The molecule has 1 aromatic heterocycles. The van der Waals surface area contributed by atoms with Crippen LogP contribution in [0, 0.1) is 34.6 Å². The molecule has 0 saturated heterocycles. The Morgan fingerprint density at radius 2 is 0.824 bits per heavy atom. The molecule has 2 aliphatic heterocycles. The molecule has 4 heteroatoms. The van der Waals surface area contributed by atoms with Gasteiger partial charge in [0.2, 0.25) is 13.4 Å². The first kappa shape index (κ1) is 30.1. The molecule has 242 valence electrons. The molecule has 0 amide bonds. The molecule has 0 spiro atoms. The Balaban J connectivity index is 1.23. The first-order valence-electron chi connectivity index (χ1n) is 18.2. The van der Waals surface area contributed by atoms with Crippen molar-refractivity contribution in [2.45, 2.75) is 34.6 Å². The van der Waals surface area contributed by atoms with Gasteiger partial charge in [0, 0.05) is 33.5 Å². The second kappa shape index (κ2) is 11.1. The summed E-state index contributed by atoms with van der Waals surface area (Å²) >= 11 is 0. The molecule has 0 radical (unpaired) electrons. The molecular weight excluding hydrogens is 614 g/mol. The van der Waals surface area contributed by atoms with Crippen molar-refractivity contribution in [1.29, 1.82) is 0 Å². The van der Waals surface area contributed by atoms with Crippen molar-refractivity contribution in [3.8, 4) is 5.69 Å². The summed E-state index contributed by atoms with van der Waals surface area (Å²) in [4.78, 5) is 2.57. The quantitative estimate of drug-likeness (QED) is 0.180. The van der Waals surface area contributed by atoms with Gasteiger partial charge in [-0.25, -0.2) is 0 Å². The van der Waals surface area contributed by atoms with Crippen LogP contribution in [0.5, 0.6) is 0 Å². The van der Waals surface area contributed by atoms with E-state index >= 15 is 0 Å². The molecule has 0 aliphatic carbocycles. The van der Waals surface area contributed by atoms with Crippen LogP contribution in [0.15, 0.2) is 140 Å². The van der Waals surface area contributed by atoms with E-state index in [2.05, 4.69) is 184 Å². The molecule has 0 N–H and O–H groups in total. The predicted octanol–water partition coefficient (Wildman–Crippen LogP) is 7.45. The fourth-order valence-electron chi connectivity index (χ4n) is 9.89. The lowest BCUT2D eigenvalue weighted by Crippen LogP contribution is -2.66. The maximum Gasteiger partial charge on any atom is 0.247 e. The van der Waals surface area contributed by atoms with Gasteiger partial charge in [0.1, 0.15) is 0 Å². The van der Waals surface area contributed by atoms with Crippen LogP contribution in [0.1, 0.15) is 27.8 Å². The zero-order valence-corrected chi connectivity index (χ0v) is 29.8. The second-order valence-electron chi connectivity index (χ2n) is 14.8. The maximum absolute atomic E-state index is 2.57. The largest absolute Gasteiger partial charge is 0.313 e. The van der Waals surface area contributed by atoms with Gasteiger partial charge in [-0.05, 0) is 92.9 Å². The average Bonchev–Trinajstić information content (AvgIpc) is 3.47. The van der Waals surface area contributed by atoms with E-state index < -0.39 is 0 Å². The third-order valence-electron chi connectivity index (χ3n) is 11.7. The summed E-state index contributed by atoms with van der Waals surface area (Å²) in [5.74, 6) is 0. The van der Waals surface area contributed by atoms with E-state index in [0.29, 0.717) is 0 Å². The minimum Gasteiger partial charge on any atom is -0.313 e. The van der Waals surface area contributed by atoms with E-state index in [1.807, 2.05) is 0 Å². The summed E-state index contributed by atoms with van der Waals surface area (Å²) in [6, 6.07) is 52.5. The lowest BCUT2D eigenvalue weighted by molar-refractivity contribution is 1.16. The Morgan fingerprint density at radius 1 is 0.412 bits per heavy atom. The molecule has 2 nitrogen and oxygen atoms in total. The Hall–Kier alpha value is -5.73. The van der Waals surface area contributed by atoms with Crippen molar-refractivity contribution < 1.29 is 0 Å². The monoisotopic (exact) mass is 652 g/mol. The van der Waals surface area contributed by atoms with E-state index in [4.69, 9.17) is 0 Å². The number of hydrogen-bond acceptors (Lipinski definition) is 1. The summed E-state index contributed by atoms with van der Waals surface area (Å²) in [5, 5.41) is 2.58. The molecule has 0 saturated carbocycles. The summed E-state index contributed by atoms with van der Waals surface area (Å²) in [6.07, 6.45) is 0. The highest BCUT2D eigenvalue weighted by atomic mass is 15.2. The molecule has 0 bridgehead atoms. The Bertz CT molecular complexity index is 2640. The number of aromatic nitrogens is 1. The van der Waals surface area contributed by atoms with Crippen LogP contribution in [0.25, 0.3) is 27.5 Å². The van der Waals surface area contributed by atoms with Gasteiger partial charge < -0.3 is 9.47 Å². The number of hydrogen-bond donors (Lipinski definition) is 0. The third kappa shape index (κ3) is 4.26. The normalized spacial score (nSPS) is 13.1. The van der Waals surface area contributed by atoms with Crippen LogP contribution in [0.2, 0.25) is 0 Å². The van der Waals surface area contributed by atoms with Crippen molar-refractivity contribution in [3.05, 3.63) is 167 Å². The van der Waals surface area contributed by atoms with Crippen molar-refractivity contribution >= 4 is 85.1 Å². The molecule has 2 aliphatic rings. The Kier molecular flexibility index (Phi) is 6.58. The summed E-state index contributed by atoms with van der Waals surface area (Å²) < 4.78 is 2.45. The number of aryl methyl sites for hydroxylation is 5. The number of rotatable bonds is 3. The minimum atomic E-state index is 0.103. The standard InChI is InChI=1S/C47H38B2N2/c1-29-25-30(2)45(31(3)26-29)48-37-17-8-12-23-43(37)51-44-24-13-9-18-38(44)49(40-20-14-19-39(48)47(40)51)46-32(4)27-34(28-33(46)5)50-41-21-10-6-15-35(41)36-16-7-11-22-42(36)50/h6-28H,1-5H3. The molecule has 0 unspecified atom stereocenters. The summed E-state index contributed by atoms with van der Waals surface area (Å²) in [7, 11) is 0. The van der Waals surface area contributed by atoms with Gasteiger partial charge in [-0.2, -0.15) is 0 Å². The van der Waals surface area contributed by atoms with Gasteiger partial charge in [-0.3, -0.25) is 0 Å². The SMILES string of the molecule is Cc1cc(C)c(B2c3ccccc3N3c4ccccc4B(c4c(C)cc(-n5c6ccccc6c6ccccc65)cc4C)c4cccc2c43)c(C)c1. The highest BCUT2D eigenvalue weighted by Gasteiger charge is 2.44. The van der Waals surface area contributed by atoms with Crippen molar-refractivity contribution in [2.24, 2.45) is 0 Å². The lowest BCUT2D eigenvalue weighted by atomic mass is 9.29. The fraction of sp³-hybridized carbons (Fsp3) is 0.106. The number of benzene rings is 7. The van der Waals surface area contributed by atoms with Crippen molar-refractivity contribution in [2.75, 3.05) is 4.90 Å². The zero-order chi connectivity index (χ0) is 34.5. The number of nitrogens with zero attached hydrogens (tertiary/aromatic N) is 2. The van der Waals surface area contributed by atoms with Gasteiger partial charge in [-0.15, -0.1) is 0 Å². The Morgan fingerprint density at radius 3 is 1.33 bits per heavy atom. The topological polar surface area (TPSA) is 8.17 Å². The molecule has 8 aromatic rings. The smallest absolute Gasteiger partial charge is 0.247 e. The van der Waals surface area contributed by atoms with Crippen LogP contribution in [-0.4, -0.2) is 18.0 Å². The second-order valence-corrected chi connectivity index (χ2v) is 14.8. The van der Waals surface area contributed by atoms with Gasteiger partial charge in [0.05, 0.1) is 11.0 Å². The average molecular weight is 652 g/mol. The summed E-state index contributed by atoms with van der Waals surface area (Å²) in [5.41, 5.74) is 22.6. The van der Waals surface area contributed by atoms with E-state index in [1.165, 1.54) is 105 Å². The first-order valence-corrected chi connectivity index (χ1v) is 18.2. The van der Waals surface area contributed by atoms with Crippen molar-refractivity contribution in [1.82, 2.24) is 4.57 Å². The number of anilines is 3. The van der Waals surface area contributed by atoms with Gasteiger partial charge in [0.15, 0.2) is 0 Å². The molecule has 0 fully saturated rings. The molecule has 10 rings (SSSR count). The van der Waals surface area contributed by atoms with E-state index in [9.17, 15) is 0 Å². The maximum atomic E-state index is 2.57. The molecule has 0 atom stereocenters. The fourth-order valence-corrected chi connectivity index (χ4v) is 9.89. The highest BCUT2D eigenvalue weighted by Crippen LogP contribution is 2.38. The Labute approximate surface area is 301 Å². The number of fused-ring (bicyclic) bond motifs is 7. The van der Waals surface area contributed by atoms with Crippen LogP contribution < -0.4 is 37.7 Å². The van der Waals surface area contributed by atoms with E-state index in [-0.39, 0.29) is 13.4 Å². The molecular formula is C47H38B2N2.